The third kappa shape index (κ3) is 4.35. The Hall–Kier alpha value is -3.12. The van der Waals surface area contributed by atoms with Gasteiger partial charge in [-0.1, -0.05) is 36.4 Å². The number of hydrogen-bond acceptors (Lipinski definition) is 4. The molecule has 160 valence electrons. The molecule has 0 saturated carbocycles. The normalized spacial score (nSPS) is 17.9. The lowest BCUT2D eigenvalue weighted by Crippen LogP contribution is -2.45. The van der Waals surface area contributed by atoms with E-state index < -0.39 is 5.92 Å². The van der Waals surface area contributed by atoms with Gasteiger partial charge in [0.15, 0.2) is 0 Å². The van der Waals surface area contributed by atoms with Gasteiger partial charge in [-0.3, -0.25) is 9.59 Å². The molecule has 1 aliphatic rings. The van der Waals surface area contributed by atoms with Gasteiger partial charge in [-0.15, -0.1) is 11.3 Å². The summed E-state index contributed by atoms with van der Waals surface area (Å²) in [7, 11) is 1.78. The first-order valence-electron chi connectivity index (χ1n) is 10.5. The van der Waals surface area contributed by atoms with Crippen molar-refractivity contribution >= 4 is 23.2 Å². The number of nitrogens with zero attached hydrogens (tertiary/aromatic N) is 1. The van der Waals surface area contributed by atoms with Crippen molar-refractivity contribution in [3.63, 3.8) is 0 Å². The summed E-state index contributed by atoms with van der Waals surface area (Å²) in [6, 6.07) is 19.0. The summed E-state index contributed by atoms with van der Waals surface area (Å²) in [6.45, 7) is 3.13. The Morgan fingerprint density at radius 3 is 2.58 bits per heavy atom. The molecule has 6 heteroatoms. The highest BCUT2D eigenvalue weighted by Crippen LogP contribution is 2.43. The number of carbonyl (C=O) groups excluding carboxylic acids is 2. The average molecular weight is 435 g/mol. The zero-order chi connectivity index (χ0) is 21.8. The molecule has 0 fully saturated rings. The van der Waals surface area contributed by atoms with Crippen LogP contribution in [0.1, 0.15) is 45.2 Å². The number of hydrogen-bond donors (Lipinski definition) is 1. The number of ether oxygens (including phenoxy) is 1. The maximum absolute atomic E-state index is 13.4. The molecule has 0 saturated heterocycles. The van der Waals surface area contributed by atoms with E-state index in [-0.39, 0.29) is 17.9 Å². The minimum absolute atomic E-state index is 0.0487. The van der Waals surface area contributed by atoms with E-state index in [4.69, 9.17) is 4.74 Å². The summed E-state index contributed by atoms with van der Waals surface area (Å²) in [5.41, 5.74) is 2.53. The molecule has 2 aromatic carbocycles. The molecular formula is C25H26N2O3S. The zero-order valence-electron chi connectivity index (χ0n) is 17.7. The number of carbonyl (C=O) groups is 2. The smallest absolute Gasteiger partial charge is 0.254 e. The van der Waals surface area contributed by atoms with E-state index in [1.54, 1.807) is 29.4 Å². The van der Waals surface area contributed by atoms with Crippen LogP contribution in [0.15, 0.2) is 66.0 Å². The van der Waals surface area contributed by atoms with Gasteiger partial charge in [-0.2, -0.15) is 0 Å². The molecule has 5 nitrogen and oxygen atoms in total. The number of rotatable bonds is 7. The number of likely N-dealkylation sites (N-methyl/N-ethyl adjacent to an activating group) is 1. The van der Waals surface area contributed by atoms with Crippen LogP contribution in [0.4, 0.5) is 0 Å². The van der Waals surface area contributed by atoms with E-state index in [0.29, 0.717) is 18.7 Å². The molecule has 0 aliphatic carbocycles. The van der Waals surface area contributed by atoms with Crippen molar-refractivity contribution in [2.75, 3.05) is 20.2 Å². The maximum Gasteiger partial charge on any atom is 0.254 e. The fourth-order valence-electron chi connectivity index (χ4n) is 4.13. The van der Waals surface area contributed by atoms with Crippen molar-refractivity contribution in [2.45, 2.75) is 25.3 Å². The first-order valence-corrected chi connectivity index (χ1v) is 11.4. The molecule has 0 radical (unpaired) electrons. The van der Waals surface area contributed by atoms with Crippen LogP contribution >= 0.6 is 11.3 Å². The van der Waals surface area contributed by atoms with Crippen LogP contribution in [-0.4, -0.2) is 36.9 Å². The molecule has 2 heterocycles. The molecular weight excluding hydrogens is 408 g/mol. The summed E-state index contributed by atoms with van der Waals surface area (Å²) in [4.78, 5) is 29.0. The van der Waals surface area contributed by atoms with Crippen LogP contribution in [0.3, 0.4) is 0 Å². The Bertz CT molecular complexity index is 1050. The fraction of sp³-hybridized carbons (Fsp3) is 0.280. The highest BCUT2D eigenvalue weighted by molar-refractivity contribution is 7.10. The van der Waals surface area contributed by atoms with Crippen molar-refractivity contribution in [1.29, 1.82) is 0 Å². The molecule has 0 unspecified atom stereocenters. The van der Waals surface area contributed by atoms with Crippen LogP contribution in [0, 0.1) is 0 Å². The van der Waals surface area contributed by atoms with E-state index >= 15 is 0 Å². The Morgan fingerprint density at radius 2 is 1.87 bits per heavy atom. The lowest BCUT2D eigenvalue weighted by molar-refractivity contribution is -0.124. The molecule has 2 amide bonds. The lowest BCUT2D eigenvalue weighted by Gasteiger charge is -2.39. The second-order valence-electron chi connectivity index (χ2n) is 7.56. The van der Waals surface area contributed by atoms with Crippen molar-refractivity contribution in [2.24, 2.45) is 0 Å². The van der Waals surface area contributed by atoms with E-state index in [9.17, 15) is 9.59 Å². The minimum atomic E-state index is -0.446. The van der Waals surface area contributed by atoms with Crippen molar-refractivity contribution in [3.8, 4) is 5.75 Å². The van der Waals surface area contributed by atoms with Crippen molar-refractivity contribution < 1.29 is 14.3 Å². The first-order chi connectivity index (χ1) is 15.1. The van der Waals surface area contributed by atoms with Crippen LogP contribution in [0.5, 0.6) is 5.75 Å². The van der Waals surface area contributed by atoms with Gasteiger partial charge in [0.2, 0.25) is 5.91 Å². The molecule has 1 aliphatic heterocycles. The van der Waals surface area contributed by atoms with Crippen LogP contribution in [-0.2, 0) is 11.2 Å². The molecule has 2 atom stereocenters. The van der Waals surface area contributed by atoms with Crippen LogP contribution < -0.4 is 10.1 Å². The van der Waals surface area contributed by atoms with Gasteiger partial charge < -0.3 is 15.0 Å². The van der Waals surface area contributed by atoms with Crippen LogP contribution in [0.2, 0.25) is 0 Å². The van der Waals surface area contributed by atoms with Gasteiger partial charge in [0, 0.05) is 24.0 Å². The van der Waals surface area contributed by atoms with Gasteiger partial charge in [-0.25, -0.2) is 0 Å². The van der Waals surface area contributed by atoms with Gasteiger partial charge in [0.1, 0.15) is 5.75 Å². The van der Waals surface area contributed by atoms with E-state index in [0.717, 1.165) is 28.2 Å². The Balaban J connectivity index is 1.53. The van der Waals surface area contributed by atoms with E-state index in [2.05, 4.69) is 5.32 Å². The molecule has 0 bridgehead atoms. The summed E-state index contributed by atoms with van der Waals surface area (Å²) < 4.78 is 5.48. The topological polar surface area (TPSA) is 58.6 Å². The summed E-state index contributed by atoms with van der Waals surface area (Å²) in [5.74, 6) is 0.294. The molecule has 3 aromatic rings. The fourth-order valence-corrected chi connectivity index (χ4v) is 5.04. The van der Waals surface area contributed by atoms with Gasteiger partial charge in [-0.05, 0) is 54.1 Å². The van der Waals surface area contributed by atoms with Crippen molar-refractivity contribution in [3.05, 3.63) is 87.6 Å². The highest BCUT2D eigenvalue weighted by Gasteiger charge is 2.42. The number of amides is 2. The Morgan fingerprint density at radius 1 is 1.10 bits per heavy atom. The third-order valence-corrected chi connectivity index (χ3v) is 6.59. The predicted molar refractivity (Wildman–Crippen MR) is 123 cm³/mol. The van der Waals surface area contributed by atoms with Gasteiger partial charge >= 0.3 is 0 Å². The predicted octanol–water partition coefficient (Wildman–Crippen LogP) is 4.42. The number of thiophene rings is 1. The highest BCUT2D eigenvalue weighted by atomic mass is 32.1. The van der Waals surface area contributed by atoms with Gasteiger partial charge in [0.25, 0.3) is 5.91 Å². The molecule has 4 rings (SSSR count). The summed E-state index contributed by atoms with van der Waals surface area (Å²) in [6.07, 6.45) is 0.727. The largest absolute Gasteiger partial charge is 0.494 e. The number of nitrogens with one attached hydrogen (secondary N) is 1. The average Bonchev–Trinajstić information content (AvgIpc) is 3.32. The minimum Gasteiger partial charge on any atom is -0.494 e. The molecule has 1 aromatic heterocycles. The standard InChI is InChI=1S/C25H26N2O3S/c1-3-30-18-12-10-17(11-13-18)14-15-26-24(28)22-19-7-4-5-8-20(19)25(29)27(2)23(22)21-9-6-16-31-21/h4-13,16,22-23H,3,14-15H2,1-2H3,(H,26,28)/t22-,23+/m0/s1. The quantitative estimate of drug-likeness (QED) is 0.599. The second-order valence-corrected chi connectivity index (χ2v) is 8.54. The molecule has 1 N–H and O–H groups in total. The Kier molecular flexibility index (Phi) is 6.37. The maximum atomic E-state index is 13.4. The number of fused-ring (bicyclic) bond motifs is 1. The second kappa shape index (κ2) is 9.35. The monoisotopic (exact) mass is 434 g/mol. The Labute approximate surface area is 186 Å². The van der Waals surface area contributed by atoms with E-state index in [1.165, 1.54) is 0 Å². The van der Waals surface area contributed by atoms with E-state index in [1.807, 2.05) is 66.9 Å². The SMILES string of the molecule is CCOc1ccc(CCNC(=O)[C@H]2c3ccccc3C(=O)N(C)[C@@H]2c2cccs2)cc1. The van der Waals surface area contributed by atoms with Crippen LogP contribution in [0.25, 0.3) is 0 Å². The molecule has 0 spiro atoms. The number of benzene rings is 2. The van der Waals surface area contributed by atoms with Gasteiger partial charge in [0.05, 0.1) is 18.6 Å². The summed E-state index contributed by atoms with van der Waals surface area (Å²) in [5, 5.41) is 5.09. The molecule has 31 heavy (non-hydrogen) atoms. The first kappa shape index (κ1) is 21.1. The lowest BCUT2D eigenvalue weighted by atomic mass is 9.81. The summed E-state index contributed by atoms with van der Waals surface area (Å²) >= 11 is 1.57. The third-order valence-electron chi connectivity index (χ3n) is 5.64. The zero-order valence-corrected chi connectivity index (χ0v) is 18.5. The van der Waals surface area contributed by atoms with Crippen molar-refractivity contribution in [1.82, 2.24) is 10.2 Å².